The monoisotopic (exact) mass is 358 g/mol. The summed E-state index contributed by atoms with van der Waals surface area (Å²) in [6.45, 7) is 5.80. The molecule has 1 unspecified atom stereocenters. The summed E-state index contributed by atoms with van der Waals surface area (Å²) >= 11 is 0. The van der Waals surface area contributed by atoms with E-state index in [0.29, 0.717) is 31.5 Å². The van der Waals surface area contributed by atoms with Gasteiger partial charge < -0.3 is 20.1 Å². The summed E-state index contributed by atoms with van der Waals surface area (Å²) in [6, 6.07) is 5.05. The number of rotatable bonds is 5. The van der Waals surface area contributed by atoms with Gasteiger partial charge in [0.15, 0.2) is 0 Å². The molecule has 6 heteroatoms. The van der Waals surface area contributed by atoms with E-state index >= 15 is 0 Å². The molecule has 1 aromatic rings. The number of hydrogen-bond acceptors (Lipinski definition) is 4. The molecule has 2 heterocycles. The van der Waals surface area contributed by atoms with Gasteiger partial charge in [0.1, 0.15) is 11.8 Å². The Morgan fingerprint density at radius 2 is 2.15 bits per heavy atom. The van der Waals surface area contributed by atoms with E-state index in [9.17, 15) is 14.7 Å². The van der Waals surface area contributed by atoms with E-state index in [1.807, 2.05) is 17.0 Å². The maximum absolute atomic E-state index is 12.9. The van der Waals surface area contributed by atoms with Crippen LogP contribution >= 0.6 is 0 Å². The Morgan fingerprint density at radius 1 is 1.42 bits per heavy atom. The highest BCUT2D eigenvalue weighted by Gasteiger charge is 2.44. The number of methoxy groups -OCH3 is 1. The van der Waals surface area contributed by atoms with Gasteiger partial charge in [-0.05, 0) is 54.9 Å². The Hall–Kier alpha value is -2.34. The second kappa shape index (κ2) is 7.50. The number of carbonyl (C=O) groups is 2. The standard InChI is InChI=1S/C20H26N2O4/c1-3-4-14-11-15(5-6-17(14)26-2)18(23)22-9-7-20(8-10-22)12-16(19(24)25)21-13-20/h3,5-6,11,16,21H,1,4,7-10,12-13H2,2H3,(H,24,25). The van der Waals surface area contributed by atoms with Crippen LogP contribution in [0.4, 0.5) is 0 Å². The van der Waals surface area contributed by atoms with E-state index in [-0.39, 0.29) is 11.3 Å². The number of carbonyl (C=O) groups excluding carboxylic acids is 1. The first-order chi connectivity index (χ1) is 12.5. The number of benzene rings is 1. The van der Waals surface area contributed by atoms with Crippen LogP contribution in [-0.2, 0) is 11.2 Å². The van der Waals surface area contributed by atoms with Gasteiger partial charge in [0, 0.05) is 25.2 Å². The molecule has 0 saturated carbocycles. The number of amides is 1. The molecule has 3 rings (SSSR count). The summed E-state index contributed by atoms with van der Waals surface area (Å²) in [5.74, 6) is -0.00212. The summed E-state index contributed by atoms with van der Waals surface area (Å²) < 4.78 is 5.34. The smallest absolute Gasteiger partial charge is 0.320 e. The lowest BCUT2D eigenvalue weighted by molar-refractivity contribution is -0.139. The molecule has 1 atom stereocenters. The molecule has 0 radical (unpaired) electrons. The van der Waals surface area contributed by atoms with Gasteiger partial charge >= 0.3 is 5.97 Å². The molecule has 140 valence electrons. The van der Waals surface area contributed by atoms with Crippen molar-refractivity contribution in [2.75, 3.05) is 26.7 Å². The second-order valence-corrected chi connectivity index (χ2v) is 7.29. The van der Waals surface area contributed by atoms with Crippen LogP contribution < -0.4 is 10.1 Å². The fourth-order valence-corrected chi connectivity index (χ4v) is 4.07. The minimum atomic E-state index is -0.784. The number of nitrogens with one attached hydrogen (secondary N) is 1. The Morgan fingerprint density at radius 3 is 2.73 bits per heavy atom. The molecule has 6 nitrogen and oxygen atoms in total. The Kier molecular flexibility index (Phi) is 5.32. The first-order valence-electron chi connectivity index (χ1n) is 9.01. The number of nitrogens with zero attached hydrogens (tertiary/aromatic N) is 1. The minimum Gasteiger partial charge on any atom is -0.496 e. The largest absolute Gasteiger partial charge is 0.496 e. The highest BCUT2D eigenvalue weighted by atomic mass is 16.5. The number of aliphatic carboxylic acids is 1. The van der Waals surface area contributed by atoms with Crippen molar-refractivity contribution in [3.05, 3.63) is 42.0 Å². The molecule has 2 fully saturated rings. The summed E-state index contributed by atoms with van der Waals surface area (Å²) in [5.41, 5.74) is 1.62. The van der Waals surface area contributed by atoms with Gasteiger partial charge in [-0.15, -0.1) is 6.58 Å². The lowest BCUT2D eigenvalue weighted by atomic mass is 9.76. The molecule has 2 aliphatic rings. The second-order valence-electron chi connectivity index (χ2n) is 7.29. The Bertz CT molecular complexity index is 708. The van der Waals surface area contributed by atoms with Crippen molar-refractivity contribution < 1.29 is 19.4 Å². The lowest BCUT2D eigenvalue weighted by Gasteiger charge is -2.39. The van der Waals surface area contributed by atoms with Gasteiger partial charge in [0.05, 0.1) is 7.11 Å². The van der Waals surface area contributed by atoms with Crippen LogP contribution in [-0.4, -0.2) is 54.7 Å². The van der Waals surface area contributed by atoms with Crippen LogP contribution in [0.2, 0.25) is 0 Å². The van der Waals surface area contributed by atoms with Crippen LogP contribution in [0.25, 0.3) is 0 Å². The number of hydrogen-bond donors (Lipinski definition) is 2. The number of allylic oxidation sites excluding steroid dienone is 1. The molecule has 1 spiro atoms. The number of carboxylic acids is 1. The lowest BCUT2D eigenvalue weighted by Crippen LogP contribution is -2.44. The SMILES string of the molecule is C=CCc1cc(C(=O)N2CCC3(CC2)CNC(C(=O)O)C3)ccc1OC. The van der Waals surface area contributed by atoms with Crippen LogP contribution in [0.5, 0.6) is 5.75 Å². The van der Waals surface area contributed by atoms with Gasteiger partial charge in [0.2, 0.25) is 0 Å². The van der Waals surface area contributed by atoms with Crippen molar-refractivity contribution in [1.82, 2.24) is 10.2 Å². The zero-order chi connectivity index (χ0) is 18.7. The minimum absolute atomic E-state index is 0.00768. The maximum atomic E-state index is 12.9. The number of carboxylic acid groups (broad SMARTS) is 1. The van der Waals surface area contributed by atoms with E-state index in [2.05, 4.69) is 11.9 Å². The van der Waals surface area contributed by atoms with Gasteiger partial charge in [-0.1, -0.05) is 6.08 Å². The quantitative estimate of drug-likeness (QED) is 0.788. The van der Waals surface area contributed by atoms with Crippen molar-refractivity contribution >= 4 is 11.9 Å². The zero-order valence-corrected chi connectivity index (χ0v) is 15.2. The number of piperidine rings is 1. The predicted molar refractivity (Wildman–Crippen MR) is 98.5 cm³/mol. The highest BCUT2D eigenvalue weighted by Crippen LogP contribution is 2.39. The topological polar surface area (TPSA) is 78.9 Å². The summed E-state index contributed by atoms with van der Waals surface area (Å²) in [4.78, 5) is 25.9. The average Bonchev–Trinajstić information content (AvgIpc) is 3.06. The predicted octanol–water partition coefficient (Wildman–Crippen LogP) is 2.09. The zero-order valence-electron chi connectivity index (χ0n) is 15.2. The van der Waals surface area contributed by atoms with Crippen molar-refractivity contribution in [3.63, 3.8) is 0 Å². The van der Waals surface area contributed by atoms with Crippen LogP contribution in [0, 0.1) is 5.41 Å². The van der Waals surface area contributed by atoms with Gasteiger partial charge in [0.25, 0.3) is 5.91 Å². The molecule has 0 bridgehead atoms. The molecule has 0 aliphatic carbocycles. The molecule has 0 aromatic heterocycles. The molecule has 1 aromatic carbocycles. The third kappa shape index (κ3) is 3.60. The summed E-state index contributed by atoms with van der Waals surface area (Å²) in [6.07, 6.45) is 4.77. The Balaban J connectivity index is 1.66. The molecule has 2 aliphatic heterocycles. The fourth-order valence-electron chi connectivity index (χ4n) is 4.07. The van der Waals surface area contributed by atoms with Crippen molar-refractivity contribution in [3.8, 4) is 5.75 Å². The molecule has 2 N–H and O–H groups in total. The first-order valence-corrected chi connectivity index (χ1v) is 9.01. The van der Waals surface area contributed by atoms with E-state index in [4.69, 9.17) is 4.74 Å². The third-order valence-electron chi connectivity index (χ3n) is 5.66. The van der Waals surface area contributed by atoms with E-state index < -0.39 is 12.0 Å². The van der Waals surface area contributed by atoms with E-state index in [1.165, 1.54) is 0 Å². The van der Waals surface area contributed by atoms with Crippen LogP contribution in [0.1, 0.15) is 35.2 Å². The molecule has 1 amide bonds. The molecular weight excluding hydrogens is 332 g/mol. The van der Waals surface area contributed by atoms with E-state index in [0.717, 1.165) is 30.7 Å². The molecule has 26 heavy (non-hydrogen) atoms. The summed E-state index contributed by atoms with van der Waals surface area (Å²) in [7, 11) is 1.62. The van der Waals surface area contributed by atoms with Crippen LogP contribution in [0.15, 0.2) is 30.9 Å². The van der Waals surface area contributed by atoms with Gasteiger partial charge in [-0.25, -0.2) is 0 Å². The maximum Gasteiger partial charge on any atom is 0.320 e. The highest BCUT2D eigenvalue weighted by molar-refractivity contribution is 5.94. The van der Waals surface area contributed by atoms with Gasteiger partial charge in [-0.3, -0.25) is 9.59 Å². The van der Waals surface area contributed by atoms with Crippen LogP contribution in [0.3, 0.4) is 0 Å². The number of likely N-dealkylation sites (tertiary alicyclic amines) is 1. The summed E-state index contributed by atoms with van der Waals surface area (Å²) in [5, 5.41) is 12.3. The van der Waals surface area contributed by atoms with Crippen molar-refractivity contribution in [2.24, 2.45) is 5.41 Å². The van der Waals surface area contributed by atoms with Gasteiger partial charge in [-0.2, -0.15) is 0 Å². The van der Waals surface area contributed by atoms with Crippen molar-refractivity contribution in [2.45, 2.75) is 31.7 Å². The third-order valence-corrected chi connectivity index (χ3v) is 5.66. The molecule has 2 saturated heterocycles. The molecular formula is C20H26N2O4. The fraction of sp³-hybridized carbons (Fsp3) is 0.500. The number of ether oxygens (including phenoxy) is 1. The Labute approximate surface area is 153 Å². The van der Waals surface area contributed by atoms with E-state index in [1.54, 1.807) is 19.3 Å². The first kappa shape index (κ1) is 18.5. The van der Waals surface area contributed by atoms with Crippen molar-refractivity contribution in [1.29, 1.82) is 0 Å². The average molecular weight is 358 g/mol. The normalized spacial score (nSPS) is 21.6.